The molecule has 0 radical (unpaired) electrons. The Kier molecular flexibility index (Phi) is 4.98. The zero-order chi connectivity index (χ0) is 20.7. The Hall–Kier alpha value is -2.80. The van der Waals surface area contributed by atoms with Crippen LogP contribution in [-0.2, 0) is 4.79 Å². The molecular weight excluding hydrogens is 398 g/mol. The predicted molar refractivity (Wildman–Crippen MR) is 119 cm³/mol. The molecule has 3 heterocycles. The summed E-state index contributed by atoms with van der Waals surface area (Å²) in [5, 5.41) is 1.04. The fourth-order valence-corrected chi connectivity index (χ4v) is 5.07. The maximum Gasteiger partial charge on any atom is 0.267 e. The van der Waals surface area contributed by atoms with Crippen molar-refractivity contribution in [2.45, 2.75) is 25.9 Å². The number of rotatable bonds is 3. The first kappa shape index (κ1) is 19.2. The number of thiazole rings is 1. The minimum atomic E-state index is -0.581. The highest BCUT2D eigenvalue weighted by Gasteiger charge is 2.33. The lowest BCUT2D eigenvalue weighted by molar-refractivity contribution is -0.141. The molecule has 1 amide bonds. The number of ether oxygens (including phenoxy) is 2. The van der Waals surface area contributed by atoms with E-state index in [-0.39, 0.29) is 12.5 Å². The molecule has 6 nitrogen and oxygen atoms in total. The molecule has 7 heteroatoms. The average molecular weight is 424 g/mol. The molecular formula is C23H25N3O3S. The molecule has 1 fully saturated rings. The van der Waals surface area contributed by atoms with Crippen LogP contribution in [0.5, 0.6) is 11.5 Å². The fraction of sp³-hybridized carbons (Fsp3) is 0.391. The maximum absolute atomic E-state index is 13.0. The number of nitrogens with zero attached hydrogens (tertiary/aromatic N) is 3. The molecule has 0 bridgehead atoms. The summed E-state index contributed by atoms with van der Waals surface area (Å²) in [5.41, 5.74) is 2.40. The van der Waals surface area contributed by atoms with E-state index in [2.05, 4.69) is 36.9 Å². The molecule has 30 heavy (non-hydrogen) atoms. The minimum absolute atomic E-state index is 0.00412. The third kappa shape index (κ3) is 3.47. The van der Waals surface area contributed by atoms with Crippen LogP contribution in [0.15, 0.2) is 42.5 Å². The Morgan fingerprint density at radius 3 is 2.60 bits per heavy atom. The van der Waals surface area contributed by atoms with Crippen molar-refractivity contribution in [3.05, 3.63) is 48.0 Å². The van der Waals surface area contributed by atoms with Crippen LogP contribution in [0.1, 0.15) is 25.3 Å². The summed E-state index contributed by atoms with van der Waals surface area (Å²) >= 11 is 1.73. The van der Waals surface area contributed by atoms with E-state index in [0.29, 0.717) is 30.5 Å². The first-order chi connectivity index (χ1) is 14.6. The molecule has 0 N–H and O–H groups in total. The van der Waals surface area contributed by atoms with Gasteiger partial charge in [-0.05, 0) is 29.7 Å². The van der Waals surface area contributed by atoms with Gasteiger partial charge in [-0.2, -0.15) is 0 Å². The molecule has 0 aliphatic carbocycles. The third-order valence-corrected chi connectivity index (χ3v) is 6.79. The Morgan fingerprint density at radius 1 is 1.07 bits per heavy atom. The van der Waals surface area contributed by atoms with E-state index in [0.717, 1.165) is 23.7 Å². The topological polar surface area (TPSA) is 54.9 Å². The standard InChI is InChI=1S/C23H25N3O3S/c1-15(2)16-6-5-9-20-21(16)24-23(30-20)26-12-10-25(11-13-26)22(27)19-14-28-17-7-3-4-8-18(17)29-19/h3-9,15,19H,10-14H2,1-2H3. The number of hydrogen-bond donors (Lipinski definition) is 0. The number of carbonyl (C=O) groups is 1. The van der Waals surface area contributed by atoms with Crippen molar-refractivity contribution < 1.29 is 14.3 Å². The van der Waals surface area contributed by atoms with E-state index in [1.165, 1.54) is 10.3 Å². The molecule has 5 rings (SSSR count). The molecule has 0 spiro atoms. The number of benzene rings is 2. The van der Waals surface area contributed by atoms with E-state index >= 15 is 0 Å². The summed E-state index contributed by atoms with van der Waals surface area (Å²) < 4.78 is 12.8. The summed E-state index contributed by atoms with van der Waals surface area (Å²) in [6, 6.07) is 13.9. The monoisotopic (exact) mass is 423 g/mol. The Labute approximate surface area is 180 Å². The van der Waals surface area contributed by atoms with E-state index in [1.54, 1.807) is 11.3 Å². The second kappa shape index (κ2) is 7.80. The van der Waals surface area contributed by atoms with E-state index < -0.39 is 6.10 Å². The highest BCUT2D eigenvalue weighted by atomic mass is 32.1. The van der Waals surface area contributed by atoms with Crippen molar-refractivity contribution in [1.29, 1.82) is 0 Å². The molecule has 1 aromatic heterocycles. The van der Waals surface area contributed by atoms with Crippen molar-refractivity contribution in [3.63, 3.8) is 0 Å². The zero-order valence-corrected chi connectivity index (χ0v) is 18.0. The molecule has 3 aromatic rings. The SMILES string of the molecule is CC(C)c1cccc2sc(N3CCN(C(=O)C4COc5ccccc5O4)CC3)nc12. The Morgan fingerprint density at radius 2 is 1.83 bits per heavy atom. The molecule has 2 aliphatic rings. The average Bonchev–Trinajstić information content (AvgIpc) is 3.22. The molecule has 1 unspecified atom stereocenters. The first-order valence-electron chi connectivity index (χ1n) is 10.4. The maximum atomic E-state index is 13.0. The summed E-state index contributed by atoms with van der Waals surface area (Å²) in [4.78, 5) is 22.1. The van der Waals surface area contributed by atoms with Gasteiger partial charge in [-0.3, -0.25) is 4.79 Å². The van der Waals surface area contributed by atoms with Crippen molar-refractivity contribution in [2.24, 2.45) is 0 Å². The highest BCUT2D eigenvalue weighted by Crippen LogP contribution is 2.34. The zero-order valence-electron chi connectivity index (χ0n) is 17.2. The van der Waals surface area contributed by atoms with E-state index in [4.69, 9.17) is 14.5 Å². The second-order valence-electron chi connectivity index (χ2n) is 8.02. The van der Waals surface area contributed by atoms with Gasteiger partial charge in [0.2, 0.25) is 6.10 Å². The smallest absolute Gasteiger partial charge is 0.267 e. The Balaban J connectivity index is 1.25. The van der Waals surface area contributed by atoms with E-state index in [9.17, 15) is 4.79 Å². The molecule has 156 valence electrons. The van der Waals surface area contributed by atoms with Crippen molar-refractivity contribution in [3.8, 4) is 11.5 Å². The number of piperazine rings is 1. The summed E-state index contributed by atoms with van der Waals surface area (Å²) in [6.45, 7) is 7.52. The summed E-state index contributed by atoms with van der Waals surface area (Å²) in [5.74, 6) is 1.77. The minimum Gasteiger partial charge on any atom is -0.485 e. The van der Waals surface area contributed by atoms with Crippen LogP contribution < -0.4 is 14.4 Å². The van der Waals surface area contributed by atoms with Gasteiger partial charge in [0.25, 0.3) is 5.91 Å². The number of carbonyl (C=O) groups excluding carboxylic acids is 1. The van der Waals surface area contributed by atoms with Crippen LogP contribution in [0.4, 0.5) is 5.13 Å². The van der Waals surface area contributed by atoms with Crippen LogP contribution in [0.25, 0.3) is 10.2 Å². The lowest BCUT2D eigenvalue weighted by atomic mass is 10.0. The lowest BCUT2D eigenvalue weighted by Crippen LogP contribution is -2.54. The second-order valence-corrected chi connectivity index (χ2v) is 9.03. The van der Waals surface area contributed by atoms with Gasteiger partial charge in [0.15, 0.2) is 16.6 Å². The fourth-order valence-electron chi connectivity index (χ4n) is 4.02. The molecule has 0 saturated carbocycles. The molecule has 2 aromatic carbocycles. The first-order valence-corrected chi connectivity index (χ1v) is 11.2. The van der Waals surface area contributed by atoms with Crippen LogP contribution in [0, 0.1) is 0 Å². The number of amides is 1. The van der Waals surface area contributed by atoms with Crippen molar-refractivity contribution in [1.82, 2.24) is 9.88 Å². The quantitative estimate of drug-likeness (QED) is 0.639. The van der Waals surface area contributed by atoms with Gasteiger partial charge in [0.05, 0.1) is 10.2 Å². The number of aromatic nitrogens is 1. The molecule has 1 atom stereocenters. The van der Waals surface area contributed by atoms with Crippen molar-refractivity contribution >= 4 is 32.6 Å². The van der Waals surface area contributed by atoms with Gasteiger partial charge in [0, 0.05) is 26.2 Å². The Bertz CT molecular complexity index is 1070. The van der Waals surface area contributed by atoms with Gasteiger partial charge in [-0.1, -0.05) is 49.4 Å². The molecule has 1 saturated heterocycles. The summed E-state index contributed by atoms with van der Waals surface area (Å²) in [6.07, 6.45) is -0.581. The third-order valence-electron chi connectivity index (χ3n) is 5.71. The normalized spacial score (nSPS) is 18.8. The highest BCUT2D eigenvalue weighted by molar-refractivity contribution is 7.22. The van der Waals surface area contributed by atoms with Crippen LogP contribution in [0.2, 0.25) is 0 Å². The predicted octanol–water partition coefficient (Wildman–Crippen LogP) is 3.91. The summed E-state index contributed by atoms with van der Waals surface area (Å²) in [7, 11) is 0. The van der Waals surface area contributed by atoms with Gasteiger partial charge in [0.1, 0.15) is 6.61 Å². The lowest BCUT2D eigenvalue weighted by Gasteiger charge is -2.37. The van der Waals surface area contributed by atoms with Crippen molar-refractivity contribution in [2.75, 3.05) is 37.7 Å². The van der Waals surface area contributed by atoms with Gasteiger partial charge in [-0.25, -0.2) is 4.98 Å². The number of para-hydroxylation sites is 3. The largest absolute Gasteiger partial charge is 0.485 e. The van der Waals surface area contributed by atoms with E-state index in [1.807, 2.05) is 29.2 Å². The van der Waals surface area contributed by atoms with Gasteiger partial charge < -0.3 is 19.3 Å². The van der Waals surface area contributed by atoms with Crippen LogP contribution >= 0.6 is 11.3 Å². The van der Waals surface area contributed by atoms with Crippen LogP contribution in [-0.4, -0.2) is 54.7 Å². The van der Waals surface area contributed by atoms with Gasteiger partial charge in [-0.15, -0.1) is 0 Å². The van der Waals surface area contributed by atoms with Crippen LogP contribution in [0.3, 0.4) is 0 Å². The number of anilines is 1. The number of hydrogen-bond acceptors (Lipinski definition) is 6. The molecule has 2 aliphatic heterocycles. The van der Waals surface area contributed by atoms with Gasteiger partial charge >= 0.3 is 0 Å². The number of fused-ring (bicyclic) bond motifs is 2.